The molecule has 2 heterocycles. The number of nitrogens with one attached hydrogen (secondary N) is 1. The Labute approximate surface area is 134 Å². The molecular weight excluding hydrogens is 276 g/mol. The molecule has 2 nitrogen and oxygen atoms in total. The van der Waals surface area contributed by atoms with Gasteiger partial charge in [0.25, 0.3) is 0 Å². The molecule has 0 aliphatic carbocycles. The number of nitrogens with zero attached hydrogens (tertiary/aromatic N) is 1. The Bertz CT molecular complexity index is 390. The Morgan fingerprint density at radius 2 is 2.05 bits per heavy atom. The van der Waals surface area contributed by atoms with E-state index in [1.165, 1.54) is 37.2 Å². The van der Waals surface area contributed by atoms with Crippen LogP contribution in [0.1, 0.15) is 45.4 Å². The normalized spacial score (nSPS) is 26.7. The van der Waals surface area contributed by atoms with Gasteiger partial charge in [-0.25, -0.2) is 0 Å². The summed E-state index contributed by atoms with van der Waals surface area (Å²) < 4.78 is 0. The van der Waals surface area contributed by atoms with Crippen molar-refractivity contribution >= 4 is 11.3 Å². The quantitative estimate of drug-likeness (QED) is 0.818. The molecule has 0 saturated carbocycles. The molecule has 1 fully saturated rings. The molecule has 0 bridgehead atoms. The van der Waals surface area contributed by atoms with Crippen LogP contribution in [0.15, 0.2) is 17.5 Å². The molecule has 120 valence electrons. The zero-order chi connectivity index (χ0) is 15.2. The number of thiophene rings is 1. The van der Waals surface area contributed by atoms with Gasteiger partial charge in [-0.05, 0) is 29.7 Å². The smallest absolute Gasteiger partial charge is 0.0247 e. The molecule has 0 amide bonds. The van der Waals surface area contributed by atoms with Crippen LogP contribution in [0.3, 0.4) is 0 Å². The van der Waals surface area contributed by atoms with Crippen LogP contribution in [-0.4, -0.2) is 36.6 Å². The van der Waals surface area contributed by atoms with Crippen molar-refractivity contribution in [2.75, 3.05) is 19.6 Å². The maximum Gasteiger partial charge on any atom is 0.0247 e. The Kier molecular flexibility index (Phi) is 6.72. The number of piperazine rings is 1. The van der Waals surface area contributed by atoms with E-state index in [2.05, 4.69) is 55.4 Å². The van der Waals surface area contributed by atoms with Crippen LogP contribution < -0.4 is 5.32 Å². The summed E-state index contributed by atoms with van der Waals surface area (Å²) in [5.74, 6) is 1.55. The molecule has 1 aromatic rings. The lowest BCUT2D eigenvalue weighted by atomic mass is 9.90. The van der Waals surface area contributed by atoms with Gasteiger partial charge in [0.2, 0.25) is 0 Å². The van der Waals surface area contributed by atoms with Gasteiger partial charge in [-0.15, -0.1) is 11.3 Å². The Balaban J connectivity index is 1.98. The van der Waals surface area contributed by atoms with Gasteiger partial charge in [-0.3, -0.25) is 4.90 Å². The number of hydrogen-bond acceptors (Lipinski definition) is 3. The van der Waals surface area contributed by atoms with Crippen LogP contribution >= 0.6 is 11.3 Å². The molecule has 1 N–H and O–H groups in total. The molecule has 3 heteroatoms. The van der Waals surface area contributed by atoms with Crippen LogP contribution in [0.25, 0.3) is 0 Å². The lowest BCUT2D eigenvalue weighted by Gasteiger charge is -2.44. The molecular formula is C18H32N2S. The summed E-state index contributed by atoms with van der Waals surface area (Å²) in [5.41, 5.74) is 0. The summed E-state index contributed by atoms with van der Waals surface area (Å²) >= 11 is 1.90. The average molecular weight is 309 g/mol. The highest BCUT2D eigenvalue weighted by molar-refractivity contribution is 7.09. The predicted molar refractivity (Wildman–Crippen MR) is 94.1 cm³/mol. The fraction of sp³-hybridized carbons (Fsp3) is 0.778. The summed E-state index contributed by atoms with van der Waals surface area (Å²) in [5, 5.41) is 6.01. The van der Waals surface area contributed by atoms with Crippen molar-refractivity contribution in [3.63, 3.8) is 0 Å². The van der Waals surface area contributed by atoms with E-state index in [0.717, 1.165) is 18.4 Å². The zero-order valence-corrected chi connectivity index (χ0v) is 15.0. The zero-order valence-electron chi connectivity index (χ0n) is 14.1. The molecule has 1 aliphatic heterocycles. The Hall–Kier alpha value is -0.380. The molecule has 0 spiro atoms. The van der Waals surface area contributed by atoms with Crippen molar-refractivity contribution < 1.29 is 0 Å². The molecule has 0 radical (unpaired) electrons. The van der Waals surface area contributed by atoms with Gasteiger partial charge in [0.1, 0.15) is 0 Å². The molecule has 1 saturated heterocycles. The van der Waals surface area contributed by atoms with Crippen molar-refractivity contribution in [3.8, 4) is 0 Å². The van der Waals surface area contributed by atoms with Crippen LogP contribution in [0.2, 0.25) is 0 Å². The van der Waals surface area contributed by atoms with E-state index in [1.54, 1.807) is 0 Å². The molecule has 1 aliphatic rings. The van der Waals surface area contributed by atoms with Gasteiger partial charge in [-0.1, -0.05) is 46.6 Å². The monoisotopic (exact) mass is 308 g/mol. The Morgan fingerprint density at radius 3 is 2.67 bits per heavy atom. The van der Waals surface area contributed by atoms with Crippen molar-refractivity contribution in [2.24, 2.45) is 11.8 Å². The molecule has 4 unspecified atom stereocenters. The largest absolute Gasteiger partial charge is 0.311 e. The highest BCUT2D eigenvalue weighted by Gasteiger charge is 2.32. The van der Waals surface area contributed by atoms with Crippen molar-refractivity contribution in [2.45, 2.75) is 59.0 Å². The van der Waals surface area contributed by atoms with E-state index >= 15 is 0 Å². The summed E-state index contributed by atoms with van der Waals surface area (Å²) in [4.78, 5) is 4.29. The second-order valence-corrected chi connectivity index (χ2v) is 7.71. The summed E-state index contributed by atoms with van der Waals surface area (Å²) in [6.07, 6.45) is 3.75. The lowest BCUT2D eigenvalue weighted by Crippen LogP contribution is -2.60. The second-order valence-electron chi connectivity index (χ2n) is 6.68. The van der Waals surface area contributed by atoms with Crippen LogP contribution in [-0.2, 0) is 6.42 Å². The first-order chi connectivity index (χ1) is 10.2. The molecule has 0 aromatic carbocycles. The maximum absolute atomic E-state index is 3.82. The highest BCUT2D eigenvalue weighted by Crippen LogP contribution is 2.22. The fourth-order valence-corrected chi connectivity index (χ4v) is 4.02. The predicted octanol–water partition coefficient (Wildman–Crippen LogP) is 4.03. The van der Waals surface area contributed by atoms with Gasteiger partial charge in [0.15, 0.2) is 0 Å². The summed E-state index contributed by atoms with van der Waals surface area (Å²) in [7, 11) is 0. The SMILES string of the molecule is CCC(C)C1CN(CCc2cccs2)C(C(C)CC)CN1. The highest BCUT2D eigenvalue weighted by atomic mass is 32.1. The van der Waals surface area contributed by atoms with E-state index in [4.69, 9.17) is 0 Å². The minimum Gasteiger partial charge on any atom is -0.311 e. The topological polar surface area (TPSA) is 15.3 Å². The van der Waals surface area contributed by atoms with Crippen molar-refractivity contribution in [1.29, 1.82) is 0 Å². The van der Waals surface area contributed by atoms with Crippen molar-refractivity contribution in [3.05, 3.63) is 22.4 Å². The molecule has 2 rings (SSSR count). The van der Waals surface area contributed by atoms with Crippen LogP contribution in [0, 0.1) is 11.8 Å². The van der Waals surface area contributed by atoms with Crippen molar-refractivity contribution in [1.82, 2.24) is 10.2 Å². The third kappa shape index (κ3) is 4.54. The first kappa shape index (κ1) is 17.0. The van der Waals surface area contributed by atoms with Crippen LogP contribution in [0.4, 0.5) is 0 Å². The summed E-state index contributed by atoms with van der Waals surface area (Å²) in [6.45, 7) is 13.0. The maximum atomic E-state index is 3.82. The molecule has 1 aromatic heterocycles. The van der Waals surface area contributed by atoms with Gasteiger partial charge >= 0.3 is 0 Å². The number of hydrogen-bond donors (Lipinski definition) is 1. The van der Waals surface area contributed by atoms with E-state index in [-0.39, 0.29) is 0 Å². The van der Waals surface area contributed by atoms with E-state index in [1.807, 2.05) is 11.3 Å². The average Bonchev–Trinajstić information content (AvgIpc) is 3.04. The minimum atomic E-state index is 0.665. The van der Waals surface area contributed by atoms with Gasteiger partial charge < -0.3 is 5.32 Å². The first-order valence-electron chi connectivity index (χ1n) is 8.65. The van der Waals surface area contributed by atoms with E-state index in [9.17, 15) is 0 Å². The Morgan fingerprint density at radius 1 is 1.29 bits per heavy atom. The van der Waals surface area contributed by atoms with E-state index in [0.29, 0.717) is 12.1 Å². The standard InChI is InChI=1S/C18H32N2S/c1-5-14(3)17-13-20(10-9-16-8-7-11-21-16)18(12-19-17)15(4)6-2/h7-8,11,14-15,17-19H,5-6,9-10,12-13H2,1-4H3. The van der Waals surface area contributed by atoms with E-state index < -0.39 is 0 Å². The second kappa shape index (κ2) is 8.30. The summed E-state index contributed by atoms with van der Waals surface area (Å²) in [6, 6.07) is 5.82. The third-order valence-electron chi connectivity index (χ3n) is 5.35. The fourth-order valence-electron chi connectivity index (χ4n) is 3.32. The van der Waals surface area contributed by atoms with Gasteiger partial charge in [0, 0.05) is 36.6 Å². The molecule has 4 atom stereocenters. The van der Waals surface area contributed by atoms with Gasteiger partial charge in [0.05, 0.1) is 0 Å². The number of rotatable bonds is 7. The lowest BCUT2D eigenvalue weighted by molar-refractivity contribution is 0.0772. The minimum absolute atomic E-state index is 0.665. The van der Waals surface area contributed by atoms with Crippen LogP contribution in [0.5, 0.6) is 0 Å². The van der Waals surface area contributed by atoms with Gasteiger partial charge in [-0.2, -0.15) is 0 Å². The molecule has 21 heavy (non-hydrogen) atoms. The third-order valence-corrected chi connectivity index (χ3v) is 6.28. The first-order valence-corrected chi connectivity index (χ1v) is 9.53.